The fourth-order valence-electron chi connectivity index (χ4n) is 1.82. The van der Waals surface area contributed by atoms with Gasteiger partial charge < -0.3 is 4.57 Å². The molecule has 0 N–H and O–H groups in total. The van der Waals surface area contributed by atoms with Crippen LogP contribution in [0.3, 0.4) is 0 Å². The van der Waals surface area contributed by atoms with Gasteiger partial charge in [0.15, 0.2) is 5.78 Å². The van der Waals surface area contributed by atoms with E-state index >= 15 is 0 Å². The van der Waals surface area contributed by atoms with Crippen molar-refractivity contribution in [2.45, 2.75) is 32.7 Å². The predicted molar refractivity (Wildman–Crippen MR) is 54.7 cm³/mol. The smallest absolute Gasteiger partial charge is 0.156 e. The molecule has 3 nitrogen and oxygen atoms in total. The first-order valence-electron chi connectivity index (χ1n) is 5.06. The summed E-state index contributed by atoms with van der Waals surface area (Å²) < 4.78 is 2.07. The zero-order valence-corrected chi connectivity index (χ0v) is 8.36. The third-order valence-corrected chi connectivity index (χ3v) is 2.55. The average molecular weight is 190 g/mol. The van der Waals surface area contributed by atoms with Crippen LogP contribution in [0, 0.1) is 0 Å². The predicted octanol–water partition coefficient (Wildman–Crippen LogP) is 2.04. The topological polar surface area (TPSA) is 34.9 Å². The van der Waals surface area contributed by atoms with Gasteiger partial charge in [0.1, 0.15) is 5.82 Å². The number of hydrogen-bond acceptors (Lipinski definition) is 2. The van der Waals surface area contributed by atoms with Crippen LogP contribution in [0.2, 0.25) is 0 Å². The highest BCUT2D eigenvalue weighted by Gasteiger charge is 2.14. The Hall–Kier alpha value is -1.38. The molecule has 1 aliphatic carbocycles. The Morgan fingerprint density at radius 2 is 2.36 bits per heavy atom. The molecule has 0 unspecified atom stereocenters. The van der Waals surface area contributed by atoms with Crippen molar-refractivity contribution < 1.29 is 4.79 Å². The fourth-order valence-corrected chi connectivity index (χ4v) is 1.82. The van der Waals surface area contributed by atoms with Crippen LogP contribution in [0.25, 0.3) is 5.57 Å². The third kappa shape index (κ3) is 1.62. The molecule has 0 bridgehead atoms. The van der Waals surface area contributed by atoms with E-state index in [9.17, 15) is 4.79 Å². The van der Waals surface area contributed by atoms with Crippen molar-refractivity contribution in [3.63, 3.8) is 0 Å². The Bertz CT molecular complexity index is 376. The zero-order chi connectivity index (χ0) is 9.97. The molecule has 0 atom stereocenters. The Balaban J connectivity index is 2.34. The van der Waals surface area contributed by atoms with Crippen molar-refractivity contribution in [1.29, 1.82) is 0 Å². The van der Waals surface area contributed by atoms with Gasteiger partial charge >= 0.3 is 0 Å². The summed E-state index contributed by atoms with van der Waals surface area (Å²) in [6, 6.07) is 0. The minimum absolute atomic E-state index is 0.233. The van der Waals surface area contributed by atoms with E-state index in [0.29, 0.717) is 6.42 Å². The minimum Gasteiger partial charge on any atom is -0.332 e. The number of aryl methyl sites for hydroxylation is 1. The molecule has 1 aromatic rings. The molecule has 74 valence electrons. The van der Waals surface area contributed by atoms with Crippen LogP contribution in [0.1, 0.15) is 32.0 Å². The second kappa shape index (κ2) is 3.78. The summed E-state index contributed by atoms with van der Waals surface area (Å²) in [5.74, 6) is 1.19. The molecule has 0 saturated heterocycles. The van der Waals surface area contributed by atoms with Gasteiger partial charge in [0.05, 0.1) is 0 Å². The van der Waals surface area contributed by atoms with Gasteiger partial charge in [-0.05, 0) is 31.4 Å². The summed E-state index contributed by atoms with van der Waals surface area (Å²) in [6.07, 6.45) is 8.12. The summed E-state index contributed by atoms with van der Waals surface area (Å²) in [5.41, 5.74) is 1.09. The number of rotatable bonds is 2. The lowest BCUT2D eigenvalue weighted by atomic mass is 9.98. The van der Waals surface area contributed by atoms with E-state index in [0.717, 1.165) is 30.8 Å². The number of imidazole rings is 1. The molecular formula is C11H14N2O. The van der Waals surface area contributed by atoms with E-state index in [1.807, 2.05) is 6.20 Å². The molecule has 1 aliphatic rings. The average Bonchev–Trinajstić information content (AvgIpc) is 2.65. The highest BCUT2D eigenvalue weighted by atomic mass is 16.1. The quantitative estimate of drug-likeness (QED) is 0.715. The van der Waals surface area contributed by atoms with E-state index < -0.39 is 0 Å². The van der Waals surface area contributed by atoms with E-state index in [4.69, 9.17) is 0 Å². The maximum absolute atomic E-state index is 11.3. The van der Waals surface area contributed by atoms with Crippen LogP contribution < -0.4 is 0 Å². The Labute approximate surface area is 83.5 Å². The summed E-state index contributed by atoms with van der Waals surface area (Å²) in [7, 11) is 0. The number of nitrogens with zero attached hydrogens (tertiary/aromatic N) is 2. The van der Waals surface area contributed by atoms with Crippen LogP contribution in [0.15, 0.2) is 18.5 Å². The van der Waals surface area contributed by atoms with Crippen LogP contribution in [-0.4, -0.2) is 15.3 Å². The maximum atomic E-state index is 11.3. The SMILES string of the molecule is CCn1ccnc1C1=CC(=O)CCC1. The van der Waals surface area contributed by atoms with Crippen LogP contribution in [-0.2, 0) is 11.3 Å². The van der Waals surface area contributed by atoms with Crippen molar-refractivity contribution in [3.8, 4) is 0 Å². The monoisotopic (exact) mass is 190 g/mol. The Morgan fingerprint density at radius 3 is 3.07 bits per heavy atom. The minimum atomic E-state index is 0.233. The summed E-state index contributed by atoms with van der Waals surface area (Å²) in [4.78, 5) is 15.5. The van der Waals surface area contributed by atoms with Gasteiger partial charge in [0.25, 0.3) is 0 Å². The first-order chi connectivity index (χ1) is 6.81. The number of aromatic nitrogens is 2. The van der Waals surface area contributed by atoms with Crippen molar-refractivity contribution in [2.75, 3.05) is 0 Å². The van der Waals surface area contributed by atoms with E-state index in [1.165, 1.54) is 0 Å². The molecule has 0 aromatic carbocycles. The van der Waals surface area contributed by atoms with Gasteiger partial charge in [0, 0.05) is 25.4 Å². The lowest BCUT2D eigenvalue weighted by Crippen LogP contribution is -2.07. The highest BCUT2D eigenvalue weighted by molar-refractivity contribution is 5.97. The second-order valence-electron chi connectivity index (χ2n) is 3.53. The third-order valence-electron chi connectivity index (χ3n) is 2.55. The molecule has 0 spiro atoms. The number of ketones is 1. The molecule has 0 saturated carbocycles. The maximum Gasteiger partial charge on any atom is 0.156 e. The van der Waals surface area contributed by atoms with Crippen molar-refractivity contribution in [1.82, 2.24) is 9.55 Å². The Kier molecular flexibility index (Phi) is 2.48. The van der Waals surface area contributed by atoms with Gasteiger partial charge in [-0.3, -0.25) is 4.79 Å². The first kappa shape index (κ1) is 9.19. The van der Waals surface area contributed by atoms with Crippen molar-refractivity contribution in [2.24, 2.45) is 0 Å². The number of allylic oxidation sites excluding steroid dienone is 2. The molecular weight excluding hydrogens is 176 g/mol. The van der Waals surface area contributed by atoms with Gasteiger partial charge in [-0.1, -0.05) is 0 Å². The van der Waals surface area contributed by atoms with Gasteiger partial charge in [-0.15, -0.1) is 0 Å². The number of hydrogen-bond donors (Lipinski definition) is 0. The summed E-state index contributed by atoms with van der Waals surface area (Å²) in [6.45, 7) is 2.98. The standard InChI is InChI=1S/C11H14N2O/c1-2-13-7-6-12-11(13)9-4-3-5-10(14)8-9/h6-8H,2-5H2,1H3. The van der Waals surface area contributed by atoms with Crippen LogP contribution >= 0.6 is 0 Å². The highest BCUT2D eigenvalue weighted by Crippen LogP contribution is 2.23. The van der Waals surface area contributed by atoms with Crippen LogP contribution in [0.4, 0.5) is 0 Å². The van der Waals surface area contributed by atoms with E-state index in [-0.39, 0.29) is 5.78 Å². The van der Waals surface area contributed by atoms with Gasteiger partial charge in [-0.25, -0.2) is 4.98 Å². The lowest BCUT2D eigenvalue weighted by Gasteiger charge is -2.12. The largest absolute Gasteiger partial charge is 0.332 e. The molecule has 0 aliphatic heterocycles. The van der Waals surface area contributed by atoms with Gasteiger partial charge in [0.2, 0.25) is 0 Å². The fraction of sp³-hybridized carbons (Fsp3) is 0.455. The summed E-state index contributed by atoms with van der Waals surface area (Å²) >= 11 is 0. The van der Waals surface area contributed by atoms with E-state index in [2.05, 4.69) is 16.5 Å². The number of carbonyl (C=O) groups is 1. The molecule has 1 heterocycles. The van der Waals surface area contributed by atoms with E-state index in [1.54, 1.807) is 12.3 Å². The number of carbonyl (C=O) groups excluding carboxylic acids is 1. The molecule has 1 aromatic heterocycles. The normalized spacial score (nSPS) is 16.9. The van der Waals surface area contributed by atoms with Gasteiger partial charge in [-0.2, -0.15) is 0 Å². The molecule has 14 heavy (non-hydrogen) atoms. The molecule has 0 radical (unpaired) electrons. The Morgan fingerprint density at radius 1 is 1.50 bits per heavy atom. The molecule has 0 fully saturated rings. The molecule has 0 amide bonds. The zero-order valence-electron chi connectivity index (χ0n) is 8.36. The molecule has 3 heteroatoms. The summed E-state index contributed by atoms with van der Waals surface area (Å²) in [5, 5.41) is 0. The first-order valence-corrected chi connectivity index (χ1v) is 5.06. The van der Waals surface area contributed by atoms with Crippen molar-refractivity contribution in [3.05, 3.63) is 24.3 Å². The molecule has 2 rings (SSSR count). The lowest BCUT2D eigenvalue weighted by molar-refractivity contribution is -0.114. The second-order valence-corrected chi connectivity index (χ2v) is 3.53. The van der Waals surface area contributed by atoms with Crippen LogP contribution in [0.5, 0.6) is 0 Å². The van der Waals surface area contributed by atoms with Crippen molar-refractivity contribution >= 4 is 11.4 Å².